The average Bonchev–Trinajstić information content (AvgIpc) is 2.56. The Hall–Kier alpha value is -1.64. The SMILES string of the molecule is COC(=O)c1cc(Cl)c(C)c(S(=O)(=O)N2CC(C(=O)O)CCC2C)c1. The molecule has 2 unspecified atom stereocenters. The average molecular weight is 390 g/mol. The van der Waals surface area contributed by atoms with Crippen LogP contribution in [0.3, 0.4) is 0 Å². The Labute approximate surface area is 151 Å². The maximum atomic E-state index is 13.1. The van der Waals surface area contributed by atoms with Crippen LogP contribution in [-0.2, 0) is 19.6 Å². The summed E-state index contributed by atoms with van der Waals surface area (Å²) in [6.07, 6.45) is 0.865. The summed E-state index contributed by atoms with van der Waals surface area (Å²) in [5.41, 5.74) is 0.329. The standard InChI is InChI=1S/C16H20ClNO6S/c1-9-4-5-11(15(19)20)8-18(9)25(22,23)14-7-12(16(21)24-3)6-13(17)10(14)2/h6-7,9,11H,4-5,8H2,1-3H3,(H,19,20). The molecule has 0 saturated carbocycles. The molecule has 0 bridgehead atoms. The number of piperidine rings is 1. The number of rotatable bonds is 4. The predicted octanol–water partition coefficient (Wildman–Crippen LogP) is 2.31. The first kappa shape index (κ1) is 19.7. The van der Waals surface area contributed by atoms with Crippen LogP contribution in [0.1, 0.15) is 35.7 Å². The molecular weight excluding hydrogens is 370 g/mol. The third-order valence-corrected chi connectivity index (χ3v) is 6.98. The van der Waals surface area contributed by atoms with Crippen molar-refractivity contribution in [3.63, 3.8) is 0 Å². The van der Waals surface area contributed by atoms with Gasteiger partial charge in [-0.2, -0.15) is 4.31 Å². The van der Waals surface area contributed by atoms with Gasteiger partial charge in [-0.15, -0.1) is 0 Å². The van der Waals surface area contributed by atoms with E-state index in [-0.39, 0.29) is 28.1 Å². The summed E-state index contributed by atoms with van der Waals surface area (Å²) in [6.45, 7) is 3.16. The number of nitrogens with zero attached hydrogens (tertiary/aromatic N) is 1. The van der Waals surface area contributed by atoms with Crippen molar-refractivity contribution in [1.82, 2.24) is 4.31 Å². The first-order chi connectivity index (χ1) is 11.6. The van der Waals surface area contributed by atoms with Gasteiger partial charge in [0.1, 0.15) is 0 Å². The lowest BCUT2D eigenvalue weighted by Crippen LogP contribution is -2.47. The van der Waals surface area contributed by atoms with Crippen LogP contribution in [0, 0.1) is 12.8 Å². The van der Waals surface area contributed by atoms with E-state index >= 15 is 0 Å². The summed E-state index contributed by atoms with van der Waals surface area (Å²) in [5, 5.41) is 9.35. The lowest BCUT2D eigenvalue weighted by molar-refractivity contribution is -0.143. The van der Waals surface area contributed by atoms with E-state index in [0.29, 0.717) is 18.4 Å². The molecule has 1 aromatic rings. The Kier molecular flexibility index (Phi) is 5.75. The fraction of sp³-hybridized carbons (Fsp3) is 0.500. The Bertz CT molecular complexity index is 807. The number of carbonyl (C=O) groups excluding carboxylic acids is 1. The zero-order valence-corrected chi connectivity index (χ0v) is 15.7. The maximum absolute atomic E-state index is 13.1. The minimum atomic E-state index is -4.02. The van der Waals surface area contributed by atoms with Crippen molar-refractivity contribution in [2.75, 3.05) is 13.7 Å². The molecule has 0 aliphatic carbocycles. The van der Waals surface area contributed by atoms with Gasteiger partial charge in [-0.25, -0.2) is 13.2 Å². The van der Waals surface area contributed by atoms with Crippen LogP contribution in [0.2, 0.25) is 5.02 Å². The molecule has 2 atom stereocenters. The summed E-state index contributed by atoms with van der Waals surface area (Å²) in [4.78, 5) is 22.9. The van der Waals surface area contributed by atoms with Crippen molar-refractivity contribution in [2.24, 2.45) is 5.92 Å². The molecule has 1 aliphatic heterocycles. The van der Waals surface area contributed by atoms with Gasteiger partial charge in [0.25, 0.3) is 0 Å². The molecule has 1 saturated heterocycles. The van der Waals surface area contributed by atoms with Gasteiger partial charge in [-0.1, -0.05) is 11.6 Å². The van der Waals surface area contributed by atoms with E-state index in [1.165, 1.54) is 23.5 Å². The number of carbonyl (C=O) groups is 2. The minimum absolute atomic E-state index is 0.0242. The van der Waals surface area contributed by atoms with Crippen molar-refractivity contribution >= 4 is 33.6 Å². The van der Waals surface area contributed by atoms with E-state index < -0.39 is 27.9 Å². The number of carboxylic acids is 1. The Balaban J connectivity index is 2.53. The lowest BCUT2D eigenvalue weighted by Gasteiger charge is -2.35. The van der Waals surface area contributed by atoms with Crippen LogP contribution < -0.4 is 0 Å². The highest BCUT2D eigenvalue weighted by atomic mass is 35.5. The second kappa shape index (κ2) is 7.31. The van der Waals surface area contributed by atoms with E-state index in [0.717, 1.165) is 0 Å². The van der Waals surface area contributed by atoms with Crippen molar-refractivity contribution in [3.05, 3.63) is 28.3 Å². The number of hydrogen-bond acceptors (Lipinski definition) is 5. The molecule has 25 heavy (non-hydrogen) atoms. The number of carboxylic acid groups (broad SMARTS) is 1. The number of esters is 1. The second-order valence-corrected chi connectivity index (χ2v) is 8.38. The largest absolute Gasteiger partial charge is 0.481 e. The zero-order valence-electron chi connectivity index (χ0n) is 14.2. The molecule has 0 spiro atoms. The summed E-state index contributed by atoms with van der Waals surface area (Å²) < 4.78 is 32.1. The van der Waals surface area contributed by atoms with E-state index in [9.17, 15) is 23.1 Å². The van der Waals surface area contributed by atoms with Crippen LogP contribution >= 0.6 is 11.6 Å². The highest BCUT2D eigenvalue weighted by molar-refractivity contribution is 7.89. The van der Waals surface area contributed by atoms with Gasteiger partial charge < -0.3 is 9.84 Å². The number of benzene rings is 1. The summed E-state index contributed by atoms with van der Waals surface area (Å²) in [6, 6.07) is 2.22. The minimum Gasteiger partial charge on any atom is -0.481 e. The van der Waals surface area contributed by atoms with E-state index in [1.807, 2.05) is 0 Å². The molecule has 9 heteroatoms. The van der Waals surface area contributed by atoms with Gasteiger partial charge in [0.05, 0.1) is 23.5 Å². The Morgan fingerprint density at radius 3 is 2.52 bits per heavy atom. The van der Waals surface area contributed by atoms with Gasteiger partial charge in [0.2, 0.25) is 10.0 Å². The molecule has 1 aromatic carbocycles. The van der Waals surface area contributed by atoms with Crippen molar-refractivity contribution in [3.8, 4) is 0 Å². The number of aliphatic carboxylic acids is 1. The summed E-state index contributed by atoms with van der Waals surface area (Å²) >= 11 is 6.10. The number of methoxy groups -OCH3 is 1. The maximum Gasteiger partial charge on any atom is 0.337 e. The molecule has 0 amide bonds. The van der Waals surface area contributed by atoms with E-state index in [4.69, 9.17) is 11.6 Å². The lowest BCUT2D eigenvalue weighted by atomic mass is 9.96. The molecule has 7 nitrogen and oxygen atoms in total. The molecule has 0 radical (unpaired) electrons. The fourth-order valence-corrected chi connectivity index (χ4v) is 5.15. The third-order valence-electron chi connectivity index (χ3n) is 4.48. The van der Waals surface area contributed by atoms with Gasteiger partial charge in [-0.05, 0) is 44.4 Å². The highest BCUT2D eigenvalue weighted by Crippen LogP contribution is 2.32. The number of hydrogen-bond donors (Lipinski definition) is 1. The van der Waals surface area contributed by atoms with Crippen LogP contribution in [0.5, 0.6) is 0 Å². The van der Waals surface area contributed by atoms with E-state index in [2.05, 4.69) is 4.74 Å². The predicted molar refractivity (Wildman–Crippen MR) is 91.2 cm³/mol. The molecule has 1 fully saturated rings. The number of halogens is 1. The van der Waals surface area contributed by atoms with Crippen LogP contribution in [0.4, 0.5) is 0 Å². The second-order valence-electron chi connectivity index (χ2n) is 6.11. The third kappa shape index (κ3) is 3.80. The van der Waals surface area contributed by atoms with Gasteiger partial charge in [0.15, 0.2) is 0 Å². The number of sulfonamides is 1. The smallest absolute Gasteiger partial charge is 0.337 e. The van der Waals surface area contributed by atoms with E-state index in [1.54, 1.807) is 13.8 Å². The molecule has 0 aromatic heterocycles. The molecule has 1 heterocycles. The zero-order chi connectivity index (χ0) is 18.9. The van der Waals surface area contributed by atoms with Crippen molar-refractivity contribution in [1.29, 1.82) is 0 Å². The molecule has 1 aliphatic rings. The number of ether oxygens (including phenoxy) is 1. The van der Waals surface area contributed by atoms with Crippen LogP contribution in [0.15, 0.2) is 17.0 Å². The first-order valence-electron chi connectivity index (χ1n) is 7.72. The van der Waals surface area contributed by atoms with Crippen molar-refractivity contribution < 1.29 is 27.9 Å². The Morgan fingerprint density at radius 2 is 1.96 bits per heavy atom. The fourth-order valence-electron chi connectivity index (χ4n) is 2.89. The summed E-state index contributed by atoms with van der Waals surface area (Å²) in [7, 11) is -2.83. The first-order valence-corrected chi connectivity index (χ1v) is 9.54. The molecule has 2 rings (SSSR count). The summed E-state index contributed by atoms with van der Waals surface area (Å²) in [5.74, 6) is -2.48. The van der Waals surface area contributed by atoms with Crippen molar-refractivity contribution in [2.45, 2.75) is 37.6 Å². The van der Waals surface area contributed by atoms with Gasteiger partial charge in [0, 0.05) is 17.6 Å². The topological polar surface area (TPSA) is 101 Å². The molecule has 1 N–H and O–H groups in total. The highest BCUT2D eigenvalue weighted by Gasteiger charge is 2.38. The van der Waals surface area contributed by atoms with Gasteiger partial charge in [-0.3, -0.25) is 4.79 Å². The quantitative estimate of drug-likeness (QED) is 0.793. The van der Waals surface area contributed by atoms with Crippen LogP contribution in [-0.4, -0.2) is 49.5 Å². The van der Waals surface area contributed by atoms with Crippen LogP contribution in [0.25, 0.3) is 0 Å². The molecule has 138 valence electrons. The normalized spacial score (nSPS) is 21.8. The molecular formula is C16H20ClNO6S. The monoisotopic (exact) mass is 389 g/mol. The van der Waals surface area contributed by atoms with Gasteiger partial charge >= 0.3 is 11.9 Å². The Morgan fingerprint density at radius 1 is 1.32 bits per heavy atom.